The van der Waals surface area contributed by atoms with E-state index in [0.29, 0.717) is 25.9 Å². The molecule has 0 fully saturated rings. The molecule has 1 aliphatic rings. The lowest BCUT2D eigenvalue weighted by Gasteiger charge is -2.22. The lowest BCUT2D eigenvalue weighted by atomic mass is 10.0. The van der Waals surface area contributed by atoms with Crippen LogP contribution in [-0.4, -0.2) is 53.3 Å². The van der Waals surface area contributed by atoms with E-state index in [9.17, 15) is 8.42 Å². The number of benzene rings is 1. The van der Waals surface area contributed by atoms with Gasteiger partial charge in [-0.15, -0.1) is 0 Å². The number of aliphatic hydroxyl groups is 1. The SMILES string of the molecule is CS(=O)(=O)N(CCCO)CC[C@@H]1c2ccccc2-c2cncn21. The third kappa shape index (κ3) is 3.17. The highest BCUT2D eigenvalue weighted by Gasteiger charge is 2.29. The predicted octanol–water partition coefficient (Wildman–Crippen LogP) is 1.49. The second-order valence-electron chi connectivity index (χ2n) is 5.82. The lowest BCUT2D eigenvalue weighted by Crippen LogP contribution is -2.33. The van der Waals surface area contributed by atoms with Crippen LogP contribution in [-0.2, 0) is 10.0 Å². The predicted molar refractivity (Wildman–Crippen MR) is 88.5 cm³/mol. The Labute approximate surface area is 136 Å². The molecular weight excluding hydrogens is 314 g/mol. The molecule has 23 heavy (non-hydrogen) atoms. The van der Waals surface area contributed by atoms with Gasteiger partial charge in [-0.05, 0) is 18.4 Å². The summed E-state index contributed by atoms with van der Waals surface area (Å²) in [7, 11) is -3.27. The Balaban J connectivity index is 1.80. The maximum absolute atomic E-state index is 11.9. The van der Waals surface area contributed by atoms with Crippen LogP contribution in [0, 0.1) is 0 Å². The molecule has 2 heterocycles. The van der Waals surface area contributed by atoms with Crippen molar-refractivity contribution in [3.8, 4) is 11.3 Å². The zero-order valence-electron chi connectivity index (χ0n) is 13.1. The monoisotopic (exact) mass is 335 g/mol. The molecule has 0 spiro atoms. The largest absolute Gasteiger partial charge is 0.396 e. The van der Waals surface area contributed by atoms with E-state index in [-0.39, 0.29) is 12.6 Å². The van der Waals surface area contributed by atoms with Gasteiger partial charge in [0.15, 0.2) is 0 Å². The summed E-state index contributed by atoms with van der Waals surface area (Å²) in [6.45, 7) is 0.764. The summed E-state index contributed by atoms with van der Waals surface area (Å²) in [5, 5.41) is 8.96. The van der Waals surface area contributed by atoms with Crippen LogP contribution in [0.3, 0.4) is 0 Å². The highest BCUT2D eigenvalue weighted by Crippen LogP contribution is 2.40. The number of fused-ring (bicyclic) bond motifs is 3. The molecule has 3 rings (SSSR count). The van der Waals surface area contributed by atoms with Gasteiger partial charge in [0.1, 0.15) is 0 Å². The van der Waals surface area contributed by atoms with Crippen LogP contribution >= 0.6 is 0 Å². The molecule has 1 atom stereocenters. The number of sulfonamides is 1. The van der Waals surface area contributed by atoms with Gasteiger partial charge in [0.2, 0.25) is 10.0 Å². The van der Waals surface area contributed by atoms with Crippen LogP contribution in [0.4, 0.5) is 0 Å². The normalized spacial score (nSPS) is 16.6. The van der Waals surface area contributed by atoms with E-state index in [1.165, 1.54) is 16.1 Å². The number of aromatic nitrogens is 2. The Hall–Kier alpha value is -1.70. The first-order valence-corrected chi connectivity index (χ1v) is 9.54. The first kappa shape index (κ1) is 16.2. The van der Waals surface area contributed by atoms with Crippen LogP contribution in [0.15, 0.2) is 36.8 Å². The summed E-state index contributed by atoms with van der Waals surface area (Å²) in [4.78, 5) is 4.22. The minimum Gasteiger partial charge on any atom is -0.396 e. The van der Waals surface area contributed by atoms with Gasteiger partial charge in [0.05, 0.1) is 30.5 Å². The summed E-state index contributed by atoms with van der Waals surface area (Å²) in [6.07, 6.45) is 6.00. The molecule has 6 nitrogen and oxygen atoms in total. The van der Waals surface area contributed by atoms with Gasteiger partial charge in [0, 0.05) is 25.3 Å². The van der Waals surface area contributed by atoms with Crippen LogP contribution in [0.1, 0.15) is 24.4 Å². The van der Waals surface area contributed by atoms with Gasteiger partial charge in [-0.2, -0.15) is 0 Å². The van der Waals surface area contributed by atoms with Crippen molar-refractivity contribution in [2.75, 3.05) is 26.0 Å². The summed E-state index contributed by atoms with van der Waals surface area (Å²) in [5.74, 6) is 0. The average Bonchev–Trinajstić information content (AvgIpc) is 3.08. The van der Waals surface area contributed by atoms with Gasteiger partial charge in [0.25, 0.3) is 0 Å². The van der Waals surface area contributed by atoms with Crippen LogP contribution < -0.4 is 0 Å². The van der Waals surface area contributed by atoms with E-state index in [1.807, 2.05) is 18.3 Å². The van der Waals surface area contributed by atoms with Crippen molar-refractivity contribution in [1.29, 1.82) is 0 Å². The maximum Gasteiger partial charge on any atom is 0.211 e. The van der Waals surface area contributed by atoms with E-state index in [0.717, 1.165) is 11.3 Å². The van der Waals surface area contributed by atoms with E-state index < -0.39 is 10.0 Å². The van der Waals surface area contributed by atoms with Crippen molar-refractivity contribution in [2.24, 2.45) is 0 Å². The second-order valence-corrected chi connectivity index (χ2v) is 7.80. The quantitative estimate of drug-likeness (QED) is 0.832. The maximum atomic E-state index is 11.9. The highest BCUT2D eigenvalue weighted by molar-refractivity contribution is 7.88. The molecule has 1 aromatic heterocycles. The number of hydrogen-bond donors (Lipinski definition) is 1. The van der Waals surface area contributed by atoms with Gasteiger partial charge < -0.3 is 9.67 Å². The standard InChI is InChI=1S/C16H21N3O3S/c1-23(21,22)18(8-4-10-20)9-7-15-13-5-2-3-6-14(13)16-11-17-12-19(15)16/h2-3,5-6,11-12,15,20H,4,7-10H2,1H3/t15-/m1/s1. The second kappa shape index (κ2) is 6.43. The number of rotatable bonds is 7. The van der Waals surface area contributed by atoms with Gasteiger partial charge in [-0.25, -0.2) is 17.7 Å². The minimum atomic E-state index is -3.27. The van der Waals surface area contributed by atoms with Crippen molar-refractivity contribution in [2.45, 2.75) is 18.9 Å². The van der Waals surface area contributed by atoms with Crippen molar-refractivity contribution < 1.29 is 13.5 Å². The summed E-state index contributed by atoms with van der Waals surface area (Å²) in [6, 6.07) is 8.27. The average molecular weight is 335 g/mol. The zero-order valence-corrected chi connectivity index (χ0v) is 13.9. The lowest BCUT2D eigenvalue weighted by molar-refractivity contribution is 0.267. The Morgan fingerprint density at radius 3 is 2.83 bits per heavy atom. The number of nitrogens with zero attached hydrogens (tertiary/aromatic N) is 3. The van der Waals surface area contributed by atoms with Crippen LogP contribution in [0.2, 0.25) is 0 Å². The van der Waals surface area contributed by atoms with E-state index in [2.05, 4.69) is 21.7 Å². The molecule has 2 aromatic rings. The van der Waals surface area contributed by atoms with Crippen molar-refractivity contribution in [1.82, 2.24) is 13.9 Å². The molecule has 0 unspecified atom stereocenters. The smallest absolute Gasteiger partial charge is 0.211 e. The molecule has 1 N–H and O–H groups in total. The number of aliphatic hydroxyl groups excluding tert-OH is 1. The fourth-order valence-electron chi connectivity index (χ4n) is 3.18. The van der Waals surface area contributed by atoms with Crippen molar-refractivity contribution in [3.05, 3.63) is 42.4 Å². The van der Waals surface area contributed by atoms with Gasteiger partial charge in [-0.3, -0.25) is 0 Å². The Kier molecular flexibility index (Phi) is 4.52. The number of imidazole rings is 1. The fraction of sp³-hybridized carbons (Fsp3) is 0.438. The Bertz CT molecular complexity index is 785. The molecule has 0 radical (unpaired) electrons. The van der Waals surface area contributed by atoms with Gasteiger partial charge in [-0.1, -0.05) is 24.3 Å². The Morgan fingerprint density at radius 2 is 2.09 bits per heavy atom. The van der Waals surface area contributed by atoms with Crippen LogP contribution in [0.5, 0.6) is 0 Å². The van der Waals surface area contributed by atoms with E-state index in [4.69, 9.17) is 5.11 Å². The van der Waals surface area contributed by atoms with Crippen LogP contribution in [0.25, 0.3) is 11.3 Å². The molecule has 1 aromatic carbocycles. The van der Waals surface area contributed by atoms with Crippen molar-refractivity contribution >= 4 is 10.0 Å². The molecule has 0 saturated carbocycles. The molecule has 1 aliphatic heterocycles. The third-order valence-corrected chi connectivity index (χ3v) is 5.59. The first-order chi connectivity index (χ1) is 11.0. The first-order valence-electron chi connectivity index (χ1n) is 7.69. The minimum absolute atomic E-state index is 0.00997. The summed E-state index contributed by atoms with van der Waals surface area (Å²) >= 11 is 0. The van der Waals surface area contributed by atoms with E-state index in [1.54, 1.807) is 6.33 Å². The molecule has 0 saturated heterocycles. The molecule has 0 aliphatic carbocycles. The third-order valence-electron chi connectivity index (χ3n) is 4.28. The Morgan fingerprint density at radius 1 is 1.30 bits per heavy atom. The summed E-state index contributed by atoms with van der Waals surface area (Å²) in [5.41, 5.74) is 3.45. The van der Waals surface area contributed by atoms with Crippen molar-refractivity contribution in [3.63, 3.8) is 0 Å². The topological polar surface area (TPSA) is 75.4 Å². The zero-order chi connectivity index (χ0) is 16.4. The fourth-order valence-corrected chi connectivity index (χ4v) is 4.08. The highest BCUT2D eigenvalue weighted by atomic mass is 32.2. The van der Waals surface area contributed by atoms with E-state index >= 15 is 0 Å². The van der Waals surface area contributed by atoms with Gasteiger partial charge >= 0.3 is 0 Å². The molecule has 0 bridgehead atoms. The molecule has 7 heteroatoms. The molecule has 0 amide bonds. The summed E-state index contributed by atoms with van der Waals surface area (Å²) < 4.78 is 27.4. The number of hydrogen-bond acceptors (Lipinski definition) is 4. The molecule has 124 valence electrons. The molecular formula is C16H21N3O3S.